The number of nitrogens with one attached hydrogen (secondary N) is 1. The van der Waals surface area contributed by atoms with E-state index in [0.717, 1.165) is 13.0 Å². The van der Waals surface area contributed by atoms with Gasteiger partial charge >= 0.3 is 0 Å². The Morgan fingerprint density at radius 2 is 2.12 bits per heavy atom. The van der Waals surface area contributed by atoms with Crippen molar-refractivity contribution in [2.45, 2.75) is 11.4 Å². The summed E-state index contributed by atoms with van der Waals surface area (Å²) in [6.45, 7) is 1.23. The second-order valence-corrected chi connectivity index (χ2v) is 5.70. The lowest BCUT2D eigenvalue weighted by molar-refractivity contribution is 0.400. The fraction of sp³-hybridized carbons (Fsp3) is 0.500. The molecule has 1 rings (SSSR count). The molecule has 17 heavy (non-hydrogen) atoms. The minimum atomic E-state index is -3.51. The number of hydrogen-bond donors (Lipinski definition) is 2. The molecule has 7 heteroatoms. The van der Waals surface area contributed by atoms with E-state index >= 15 is 0 Å². The van der Waals surface area contributed by atoms with Crippen LogP contribution < -0.4 is 10.5 Å². The summed E-state index contributed by atoms with van der Waals surface area (Å²) in [7, 11) is 0.371. The van der Waals surface area contributed by atoms with Crippen LogP contribution in [0.3, 0.4) is 0 Å². The predicted molar refractivity (Wildman–Crippen MR) is 67.0 cm³/mol. The molecule has 96 valence electrons. The van der Waals surface area contributed by atoms with Gasteiger partial charge in [-0.1, -0.05) is 0 Å². The minimum Gasteiger partial charge on any atom is -0.397 e. The molecule has 1 aromatic heterocycles. The molecule has 0 aliphatic carbocycles. The van der Waals surface area contributed by atoms with Gasteiger partial charge in [0.1, 0.15) is 0 Å². The molecule has 0 unspecified atom stereocenters. The first-order valence-electron chi connectivity index (χ1n) is 5.28. The van der Waals surface area contributed by atoms with Crippen molar-refractivity contribution in [3.05, 3.63) is 18.3 Å². The zero-order valence-electron chi connectivity index (χ0n) is 10.0. The molecule has 6 nitrogen and oxygen atoms in total. The molecule has 0 aliphatic rings. The number of pyridine rings is 1. The third-order valence-corrected chi connectivity index (χ3v) is 3.49. The van der Waals surface area contributed by atoms with Crippen molar-refractivity contribution >= 4 is 15.7 Å². The number of nitrogens with two attached hydrogens (primary N) is 1. The van der Waals surface area contributed by atoms with Crippen LogP contribution >= 0.6 is 0 Å². The predicted octanol–water partition coefficient (Wildman–Crippen LogP) is -0.106. The number of sulfonamides is 1. The molecule has 0 saturated heterocycles. The normalized spacial score (nSPS) is 11.9. The van der Waals surface area contributed by atoms with E-state index in [2.05, 4.69) is 9.71 Å². The summed E-state index contributed by atoms with van der Waals surface area (Å²) in [4.78, 5) is 5.77. The Bertz CT molecular complexity index is 442. The summed E-state index contributed by atoms with van der Waals surface area (Å²) in [6, 6.07) is 2.91. The van der Waals surface area contributed by atoms with Crippen LogP contribution in [0.2, 0.25) is 0 Å². The van der Waals surface area contributed by atoms with Crippen LogP contribution in [0, 0.1) is 0 Å². The molecule has 0 aliphatic heterocycles. The van der Waals surface area contributed by atoms with Gasteiger partial charge in [-0.15, -0.1) is 0 Å². The van der Waals surface area contributed by atoms with Crippen LogP contribution in [0.15, 0.2) is 23.4 Å². The van der Waals surface area contributed by atoms with Gasteiger partial charge < -0.3 is 10.6 Å². The Kier molecular flexibility index (Phi) is 4.86. The van der Waals surface area contributed by atoms with Gasteiger partial charge in [0.25, 0.3) is 10.0 Å². The molecule has 1 heterocycles. The van der Waals surface area contributed by atoms with Crippen molar-refractivity contribution in [3.8, 4) is 0 Å². The highest BCUT2D eigenvalue weighted by atomic mass is 32.2. The third-order valence-electron chi connectivity index (χ3n) is 2.11. The van der Waals surface area contributed by atoms with E-state index in [9.17, 15) is 8.42 Å². The summed E-state index contributed by atoms with van der Waals surface area (Å²) in [5.74, 6) is 0. The molecular weight excluding hydrogens is 240 g/mol. The second-order valence-electron chi connectivity index (χ2n) is 3.98. The number of rotatable bonds is 6. The fourth-order valence-electron chi connectivity index (χ4n) is 1.23. The average Bonchev–Trinajstić information content (AvgIpc) is 2.25. The van der Waals surface area contributed by atoms with E-state index in [0.29, 0.717) is 12.2 Å². The maximum Gasteiger partial charge on any atom is 0.258 e. The quantitative estimate of drug-likeness (QED) is 0.695. The Morgan fingerprint density at radius 1 is 1.41 bits per heavy atom. The smallest absolute Gasteiger partial charge is 0.258 e. The Morgan fingerprint density at radius 3 is 2.65 bits per heavy atom. The molecule has 0 amide bonds. The van der Waals surface area contributed by atoms with Crippen molar-refractivity contribution in [3.63, 3.8) is 0 Å². The largest absolute Gasteiger partial charge is 0.397 e. The molecule has 0 aromatic carbocycles. The average molecular weight is 258 g/mol. The van der Waals surface area contributed by atoms with Crippen LogP contribution in [0.5, 0.6) is 0 Å². The lowest BCUT2D eigenvalue weighted by Crippen LogP contribution is -2.27. The van der Waals surface area contributed by atoms with Gasteiger partial charge in [0, 0.05) is 6.54 Å². The van der Waals surface area contributed by atoms with Gasteiger partial charge in [0.05, 0.1) is 11.9 Å². The van der Waals surface area contributed by atoms with Crippen LogP contribution in [0.25, 0.3) is 0 Å². The van der Waals surface area contributed by atoms with E-state index < -0.39 is 10.0 Å². The monoisotopic (exact) mass is 258 g/mol. The fourth-order valence-corrected chi connectivity index (χ4v) is 2.23. The van der Waals surface area contributed by atoms with Crippen LogP contribution in [-0.4, -0.2) is 45.5 Å². The second kappa shape index (κ2) is 5.95. The van der Waals surface area contributed by atoms with Crippen LogP contribution in [0.4, 0.5) is 5.69 Å². The maximum absolute atomic E-state index is 11.8. The number of aromatic nitrogens is 1. The Labute approximate surface area is 102 Å². The summed E-state index contributed by atoms with van der Waals surface area (Å²) in [5.41, 5.74) is 5.88. The zero-order chi connectivity index (χ0) is 12.9. The van der Waals surface area contributed by atoms with Crippen molar-refractivity contribution in [2.24, 2.45) is 0 Å². The lowest BCUT2D eigenvalue weighted by Gasteiger charge is -2.10. The van der Waals surface area contributed by atoms with Gasteiger partial charge in [-0.2, -0.15) is 0 Å². The summed E-state index contributed by atoms with van der Waals surface area (Å²) < 4.78 is 26.0. The highest BCUT2D eigenvalue weighted by Gasteiger charge is 2.14. The SMILES string of the molecule is CN(C)CCCNS(=O)(=O)c1ccc(N)cn1. The van der Waals surface area contributed by atoms with E-state index in [1.165, 1.54) is 18.3 Å². The molecule has 3 N–H and O–H groups in total. The van der Waals surface area contributed by atoms with E-state index in [1.54, 1.807) is 0 Å². The molecular formula is C10H18N4O2S. The van der Waals surface area contributed by atoms with Gasteiger partial charge in [-0.3, -0.25) is 0 Å². The lowest BCUT2D eigenvalue weighted by atomic mass is 10.4. The van der Waals surface area contributed by atoms with E-state index in [1.807, 2.05) is 19.0 Å². The third kappa shape index (κ3) is 4.68. The van der Waals surface area contributed by atoms with E-state index in [-0.39, 0.29) is 5.03 Å². The molecule has 0 bridgehead atoms. The first-order chi connectivity index (χ1) is 7.92. The standard InChI is InChI=1S/C10H18N4O2S/c1-14(2)7-3-6-13-17(15,16)10-5-4-9(11)8-12-10/h4-5,8,13H,3,6-7,11H2,1-2H3. The molecule has 0 fully saturated rings. The molecule has 0 atom stereocenters. The topological polar surface area (TPSA) is 88.3 Å². The molecule has 0 radical (unpaired) electrons. The first-order valence-corrected chi connectivity index (χ1v) is 6.76. The van der Waals surface area contributed by atoms with Crippen molar-refractivity contribution in [1.29, 1.82) is 0 Å². The van der Waals surface area contributed by atoms with Crippen molar-refractivity contribution in [1.82, 2.24) is 14.6 Å². The zero-order valence-corrected chi connectivity index (χ0v) is 10.9. The van der Waals surface area contributed by atoms with Gasteiger partial charge in [-0.25, -0.2) is 18.1 Å². The maximum atomic E-state index is 11.8. The van der Waals surface area contributed by atoms with Gasteiger partial charge in [0.2, 0.25) is 0 Å². The summed E-state index contributed by atoms with van der Waals surface area (Å²) in [6.07, 6.45) is 2.08. The van der Waals surface area contributed by atoms with E-state index in [4.69, 9.17) is 5.73 Å². The first kappa shape index (κ1) is 13.9. The Balaban J connectivity index is 2.54. The molecule has 1 aromatic rings. The van der Waals surface area contributed by atoms with Crippen LogP contribution in [-0.2, 0) is 10.0 Å². The number of nitrogens with zero attached hydrogens (tertiary/aromatic N) is 2. The van der Waals surface area contributed by atoms with Crippen LogP contribution in [0.1, 0.15) is 6.42 Å². The number of nitrogen functional groups attached to an aromatic ring is 1. The highest BCUT2D eigenvalue weighted by molar-refractivity contribution is 7.89. The number of anilines is 1. The summed E-state index contributed by atoms with van der Waals surface area (Å²) >= 11 is 0. The minimum absolute atomic E-state index is 0.00319. The molecule has 0 saturated carbocycles. The number of hydrogen-bond acceptors (Lipinski definition) is 5. The van der Waals surface area contributed by atoms with Crippen molar-refractivity contribution in [2.75, 3.05) is 32.9 Å². The summed E-state index contributed by atoms with van der Waals surface area (Å²) in [5, 5.41) is -0.00319. The van der Waals surface area contributed by atoms with Crippen molar-refractivity contribution < 1.29 is 8.42 Å². The highest BCUT2D eigenvalue weighted by Crippen LogP contribution is 2.07. The van der Waals surface area contributed by atoms with Gasteiger partial charge in [-0.05, 0) is 39.2 Å². The van der Waals surface area contributed by atoms with Gasteiger partial charge in [0.15, 0.2) is 5.03 Å². The molecule has 0 spiro atoms. The Hall–Kier alpha value is -1.18.